The highest BCUT2D eigenvalue weighted by Gasteiger charge is 2.36. The molecule has 28 heavy (non-hydrogen) atoms. The van der Waals surface area contributed by atoms with Crippen LogP contribution in [0.4, 0.5) is 0 Å². The Morgan fingerprint density at radius 1 is 1.18 bits per heavy atom. The van der Waals surface area contributed by atoms with E-state index < -0.39 is 12.1 Å². The van der Waals surface area contributed by atoms with E-state index in [0.29, 0.717) is 29.4 Å². The molecule has 2 aromatic carbocycles. The summed E-state index contributed by atoms with van der Waals surface area (Å²) in [4.78, 5) is 27.1. The summed E-state index contributed by atoms with van der Waals surface area (Å²) in [6, 6.07) is 13.6. The van der Waals surface area contributed by atoms with Crippen molar-refractivity contribution in [3.63, 3.8) is 0 Å². The Labute approximate surface area is 174 Å². The van der Waals surface area contributed by atoms with Crippen molar-refractivity contribution in [2.75, 3.05) is 6.54 Å². The molecule has 0 unspecified atom stereocenters. The third-order valence-corrected chi connectivity index (χ3v) is 5.52. The standard InChI is InChI=1S/C21H23Cl2N3O2/c22-16-8-9-17(23)15(12-16)13-25-20(27)19-7-4-10-26(19)21(28)18(24)11-14-5-2-1-3-6-14/h1-3,5-6,8-9,12,18-19H,4,7,10-11,13,24H2,(H,25,27)/t18-,19-/m0/s1. The number of nitrogens with two attached hydrogens (primary N) is 1. The lowest BCUT2D eigenvalue weighted by Gasteiger charge is -2.27. The number of nitrogens with one attached hydrogen (secondary N) is 1. The summed E-state index contributed by atoms with van der Waals surface area (Å²) in [6.07, 6.45) is 1.85. The van der Waals surface area contributed by atoms with E-state index in [0.717, 1.165) is 17.5 Å². The molecule has 3 rings (SSSR count). The lowest BCUT2D eigenvalue weighted by molar-refractivity contribution is -0.139. The maximum absolute atomic E-state index is 12.8. The third-order valence-electron chi connectivity index (χ3n) is 4.91. The molecular formula is C21H23Cl2N3O2. The van der Waals surface area contributed by atoms with Crippen molar-refractivity contribution in [2.45, 2.75) is 37.9 Å². The van der Waals surface area contributed by atoms with Crippen LogP contribution in [0.1, 0.15) is 24.0 Å². The summed E-state index contributed by atoms with van der Waals surface area (Å²) >= 11 is 12.1. The Morgan fingerprint density at radius 2 is 1.93 bits per heavy atom. The quantitative estimate of drug-likeness (QED) is 0.754. The van der Waals surface area contributed by atoms with Crippen molar-refractivity contribution in [3.05, 3.63) is 69.7 Å². The van der Waals surface area contributed by atoms with Crippen LogP contribution in [0.15, 0.2) is 48.5 Å². The SMILES string of the molecule is N[C@@H](Cc1ccccc1)C(=O)N1CCC[C@H]1C(=O)NCc1cc(Cl)ccc1Cl. The second kappa shape index (κ2) is 9.41. The number of carbonyl (C=O) groups is 2. The van der Waals surface area contributed by atoms with Crippen molar-refractivity contribution in [1.82, 2.24) is 10.2 Å². The van der Waals surface area contributed by atoms with Gasteiger partial charge in [-0.05, 0) is 48.6 Å². The largest absolute Gasteiger partial charge is 0.350 e. The zero-order valence-corrected chi connectivity index (χ0v) is 16.9. The van der Waals surface area contributed by atoms with Gasteiger partial charge in [0.25, 0.3) is 0 Å². The first-order chi connectivity index (χ1) is 13.5. The molecule has 3 N–H and O–H groups in total. The second-order valence-corrected chi connectivity index (χ2v) is 7.78. The Morgan fingerprint density at radius 3 is 2.68 bits per heavy atom. The molecule has 0 radical (unpaired) electrons. The van der Waals surface area contributed by atoms with Gasteiger partial charge in [0.2, 0.25) is 11.8 Å². The zero-order chi connectivity index (χ0) is 20.1. The van der Waals surface area contributed by atoms with Crippen LogP contribution in [0.25, 0.3) is 0 Å². The first-order valence-electron chi connectivity index (χ1n) is 9.27. The number of halogens is 2. The molecule has 0 spiro atoms. The van der Waals surface area contributed by atoms with Gasteiger partial charge in [0.05, 0.1) is 6.04 Å². The van der Waals surface area contributed by atoms with E-state index in [1.54, 1.807) is 23.1 Å². The maximum atomic E-state index is 12.8. The van der Waals surface area contributed by atoms with Gasteiger partial charge in [-0.2, -0.15) is 0 Å². The van der Waals surface area contributed by atoms with E-state index in [2.05, 4.69) is 5.32 Å². The highest BCUT2D eigenvalue weighted by Crippen LogP contribution is 2.22. The summed E-state index contributed by atoms with van der Waals surface area (Å²) in [5.41, 5.74) is 7.87. The number of amides is 2. The molecule has 1 heterocycles. The van der Waals surface area contributed by atoms with Crippen LogP contribution in [-0.2, 0) is 22.6 Å². The van der Waals surface area contributed by atoms with Crippen LogP contribution in [0.2, 0.25) is 10.0 Å². The minimum absolute atomic E-state index is 0.192. The molecule has 1 fully saturated rings. The Hall–Kier alpha value is -2.08. The van der Waals surface area contributed by atoms with Gasteiger partial charge in [-0.25, -0.2) is 0 Å². The lowest BCUT2D eigenvalue weighted by Crippen LogP contribution is -2.51. The molecule has 1 aliphatic heterocycles. The summed E-state index contributed by atoms with van der Waals surface area (Å²) in [5, 5.41) is 3.96. The predicted octanol–water partition coefficient (Wildman–Crippen LogP) is 3.17. The highest BCUT2D eigenvalue weighted by atomic mass is 35.5. The molecule has 7 heteroatoms. The molecule has 2 amide bonds. The Bertz CT molecular complexity index is 845. The number of hydrogen-bond acceptors (Lipinski definition) is 3. The fourth-order valence-corrected chi connectivity index (χ4v) is 3.83. The Kier molecular flexibility index (Phi) is 6.94. The molecule has 0 aliphatic carbocycles. The number of hydrogen-bond donors (Lipinski definition) is 2. The van der Waals surface area contributed by atoms with Crippen LogP contribution in [0.3, 0.4) is 0 Å². The Balaban J connectivity index is 1.60. The topological polar surface area (TPSA) is 75.4 Å². The fraction of sp³-hybridized carbons (Fsp3) is 0.333. The molecule has 148 valence electrons. The minimum atomic E-state index is -0.668. The van der Waals surface area contributed by atoms with Gasteiger partial charge < -0.3 is 16.0 Å². The van der Waals surface area contributed by atoms with Gasteiger partial charge >= 0.3 is 0 Å². The van der Waals surface area contributed by atoms with Gasteiger partial charge in [0.1, 0.15) is 6.04 Å². The molecule has 0 aromatic heterocycles. The van der Waals surface area contributed by atoms with E-state index in [4.69, 9.17) is 28.9 Å². The minimum Gasteiger partial charge on any atom is -0.350 e. The van der Waals surface area contributed by atoms with Crippen molar-refractivity contribution in [2.24, 2.45) is 5.73 Å². The molecule has 0 saturated carbocycles. The highest BCUT2D eigenvalue weighted by molar-refractivity contribution is 6.33. The number of carbonyl (C=O) groups excluding carboxylic acids is 2. The van der Waals surface area contributed by atoms with Crippen molar-refractivity contribution < 1.29 is 9.59 Å². The average molecular weight is 420 g/mol. The third kappa shape index (κ3) is 5.04. The predicted molar refractivity (Wildman–Crippen MR) is 111 cm³/mol. The smallest absolute Gasteiger partial charge is 0.243 e. The monoisotopic (exact) mass is 419 g/mol. The van der Waals surface area contributed by atoms with Crippen molar-refractivity contribution >= 4 is 35.0 Å². The van der Waals surface area contributed by atoms with Crippen LogP contribution in [0, 0.1) is 0 Å². The van der Waals surface area contributed by atoms with Crippen molar-refractivity contribution in [1.29, 1.82) is 0 Å². The summed E-state index contributed by atoms with van der Waals surface area (Å²) in [7, 11) is 0. The summed E-state index contributed by atoms with van der Waals surface area (Å²) in [6.45, 7) is 0.796. The first-order valence-corrected chi connectivity index (χ1v) is 10.0. The average Bonchev–Trinajstić information content (AvgIpc) is 3.18. The second-order valence-electron chi connectivity index (χ2n) is 6.94. The number of nitrogens with zero attached hydrogens (tertiary/aromatic N) is 1. The van der Waals surface area contributed by atoms with E-state index >= 15 is 0 Å². The molecule has 2 aromatic rings. The van der Waals surface area contributed by atoms with E-state index in [1.165, 1.54) is 0 Å². The van der Waals surface area contributed by atoms with Crippen LogP contribution in [-0.4, -0.2) is 35.3 Å². The molecule has 1 saturated heterocycles. The fourth-order valence-electron chi connectivity index (χ4n) is 3.45. The van der Waals surface area contributed by atoms with Gasteiger partial charge in [-0.15, -0.1) is 0 Å². The molecule has 2 atom stereocenters. The van der Waals surface area contributed by atoms with E-state index in [1.807, 2.05) is 30.3 Å². The number of benzene rings is 2. The van der Waals surface area contributed by atoms with Gasteiger partial charge in [0, 0.05) is 23.1 Å². The summed E-state index contributed by atoms with van der Waals surface area (Å²) in [5.74, 6) is -0.393. The van der Waals surface area contributed by atoms with E-state index in [-0.39, 0.29) is 18.4 Å². The molecule has 5 nitrogen and oxygen atoms in total. The van der Waals surface area contributed by atoms with Gasteiger partial charge in [-0.1, -0.05) is 53.5 Å². The molecule has 0 bridgehead atoms. The maximum Gasteiger partial charge on any atom is 0.243 e. The first kappa shape index (κ1) is 20.6. The molecular weight excluding hydrogens is 397 g/mol. The zero-order valence-electron chi connectivity index (χ0n) is 15.4. The summed E-state index contributed by atoms with van der Waals surface area (Å²) < 4.78 is 0. The lowest BCUT2D eigenvalue weighted by atomic mass is 10.1. The van der Waals surface area contributed by atoms with Gasteiger partial charge in [0.15, 0.2) is 0 Å². The van der Waals surface area contributed by atoms with Crippen LogP contribution in [0.5, 0.6) is 0 Å². The number of rotatable bonds is 6. The normalized spacial score (nSPS) is 17.4. The van der Waals surface area contributed by atoms with Gasteiger partial charge in [-0.3, -0.25) is 9.59 Å². The molecule has 1 aliphatic rings. The van der Waals surface area contributed by atoms with Crippen LogP contribution < -0.4 is 11.1 Å². The van der Waals surface area contributed by atoms with E-state index in [9.17, 15) is 9.59 Å². The van der Waals surface area contributed by atoms with Crippen molar-refractivity contribution in [3.8, 4) is 0 Å². The van der Waals surface area contributed by atoms with Crippen LogP contribution >= 0.6 is 23.2 Å². The number of likely N-dealkylation sites (tertiary alicyclic amines) is 1.